The fourth-order valence-electron chi connectivity index (χ4n) is 5.15. The van der Waals surface area contributed by atoms with Crippen LogP contribution in [0.3, 0.4) is 0 Å². The van der Waals surface area contributed by atoms with Crippen LogP contribution in [0, 0.1) is 5.92 Å². The molecule has 0 saturated carbocycles. The minimum atomic E-state index is -0.464. The minimum Gasteiger partial charge on any atom is -0.489 e. The summed E-state index contributed by atoms with van der Waals surface area (Å²) in [7, 11) is 0. The van der Waals surface area contributed by atoms with E-state index in [0.717, 1.165) is 23.6 Å². The molecule has 6 nitrogen and oxygen atoms in total. The number of carbonyl (C=O) groups is 2. The normalized spacial score (nSPS) is 21.5. The zero-order valence-electron chi connectivity index (χ0n) is 19.9. The molecule has 0 radical (unpaired) electrons. The summed E-state index contributed by atoms with van der Waals surface area (Å²) in [6.07, 6.45) is 3.86. The first-order chi connectivity index (χ1) is 16.5. The summed E-state index contributed by atoms with van der Waals surface area (Å²) in [6.45, 7) is 10.4. The third-order valence-corrected chi connectivity index (χ3v) is 7.35. The first-order valence-corrected chi connectivity index (χ1v) is 12.3. The molecule has 2 aromatic rings. The van der Waals surface area contributed by atoms with Crippen molar-refractivity contribution in [2.24, 2.45) is 5.92 Å². The third kappa shape index (κ3) is 4.73. The van der Waals surface area contributed by atoms with E-state index in [9.17, 15) is 9.59 Å². The second-order valence-electron chi connectivity index (χ2n) is 9.93. The van der Waals surface area contributed by atoms with E-state index < -0.39 is 6.04 Å². The van der Waals surface area contributed by atoms with E-state index in [1.54, 1.807) is 4.90 Å². The van der Waals surface area contributed by atoms with Crippen LogP contribution in [0.25, 0.3) is 0 Å². The maximum atomic E-state index is 13.0. The van der Waals surface area contributed by atoms with Crippen molar-refractivity contribution in [3.63, 3.8) is 0 Å². The number of allylic oxidation sites excluding steroid dienone is 1. The topological polar surface area (TPSA) is 61.9 Å². The van der Waals surface area contributed by atoms with E-state index >= 15 is 0 Å². The predicted molar refractivity (Wildman–Crippen MR) is 131 cm³/mol. The number of piperidine rings is 2. The summed E-state index contributed by atoms with van der Waals surface area (Å²) in [5, 5.41) is 2.79. The Morgan fingerprint density at radius 3 is 2.50 bits per heavy atom. The van der Waals surface area contributed by atoms with Crippen molar-refractivity contribution in [2.45, 2.75) is 58.3 Å². The van der Waals surface area contributed by atoms with Gasteiger partial charge in [0.1, 0.15) is 18.4 Å². The Bertz CT molecular complexity index is 1090. The second kappa shape index (κ2) is 9.63. The van der Waals surface area contributed by atoms with Gasteiger partial charge in [-0.1, -0.05) is 43.8 Å². The second-order valence-corrected chi connectivity index (χ2v) is 9.93. The molecule has 3 aliphatic heterocycles. The summed E-state index contributed by atoms with van der Waals surface area (Å²) in [6, 6.07) is 13.7. The number of nitrogens with one attached hydrogen (secondary N) is 1. The highest BCUT2D eigenvalue weighted by atomic mass is 16.5. The molecule has 1 unspecified atom stereocenters. The van der Waals surface area contributed by atoms with Gasteiger partial charge in [0.25, 0.3) is 5.91 Å². The maximum Gasteiger partial charge on any atom is 0.255 e. The number of hydrogen-bond acceptors (Lipinski definition) is 4. The lowest BCUT2D eigenvalue weighted by atomic mass is 9.99. The van der Waals surface area contributed by atoms with Crippen molar-refractivity contribution in [1.82, 2.24) is 15.1 Å². The molecular weight excluding hydrogens is 426 g/mol. The van der Waals surface area contributed by atoms with Crippen LogP contribution in [-0.2, 0) is 24.5 Å². The van der Waals surface area contributed by atoms with Crippen molar-refractivity contribution in [3.8, 4) is 5.75 Å². The van der Waals surface area contributed by atoms with Crippen LogP contribution in [0.2, 0.25) is 0 Å². The highest BCUT2D eigenvalue weighted by Gasteiger charge is 2.39. The molecule has 2 amide bonds. The molecule has 0 aromatic heterocycles. The molecule has 3 heterocycles. The molecule has 2 saturated heterocycles. The number of hydrogen-bond donors (Lipinski definition) is 1. The van der Waals surface area contributed by atoms with Gasteiger partial charge in [0.15, 0.2) is 0 Å². The number of nitrogens with zero attached hydrogens (tertiary/aromatic N) is 2. The monoisotopic (exact) mass is 459 g/mol. The lowest BCUT2D eigenvalue weighted by Gasteiger charge is -2.31. The number of likely N-dealkylation sites (tertiary alicyclic amines) is 1. The SMILES string of the molecule is C=C1CCC(N2Cc3c(OCc4ccc(CN5CCC(C)CC5)cc4)cccc3C2=O)C(=O)N1. The van der Waals surface area contributed by atoms with Crippen LogP contribution in [0.4, 0.5) is 0 Å². The molecular formula is C28H33N3O3. The van der Waals surface area contributed by atoms with Gasteiger partial charge in [-0.2, -0.15) is 0 Å². The van der Waals surface area contributed by atoms with Gasteiger partial charge in [-0.25, -0.2) is 0 Å². The van der Waals surface area contributed by atoms with Gasteiger partial charge in [-0.05, 0) is 68.0 Å². The Kier molecular flexibility index (Phi) is 6.42. The molecule has 3 aliphatic rings. The van der Waals surface area contributed by atoms with E-state index in [1.165, 1.54) is 31.5 Å². The summed E-state index contributed by atoms with van der Waals surface area (Å²) in [5.41, 5.74) is 4.63. The summed E-state index contributed by atoms with van der Waals surface area (Å²) >= 11 is 0. The van der Waals surface area contributed by atoms with Gasteiger partial charge in [0, 0.05) is 23.4 Å². The fourth-order valence-corrected chi connectivity index (χ4v) is 5.15. The molecule has 2 aromatic carbocycles. The third-order valence-electron chi connectivity index (χ3n) is 7.35. The van der Waals surface area contributed by atoms with Crippen LogP contribution < -0.4 is 10.1 Å². The van der Waals surface area contributed by atoms with Crippen LogP contribution in [0.1, 0.15) is 59.7 Å². The molecule has 5 rings (SSSR count). The average Bonchev–Trinajstić information content (AvgIpc) is 3.17. The van der Waals surface area contributed by atoms with Crippen molar-refractivity contribution >= 4 is 11.8 Å². The van der Waals surface area contributed by atoms with Crippen molar-refractivity contribution < 1.29 is 14.3 Å². The largest absolute Gasteiger partial charge is 0.489 e. The zero-order valence-corrected chi connectivity index (χ0v) is 19.9. The van der Waals surface area contributed by atoms with E-state index in [0.29, 0.717) is 43.0 Å². The molecule has 0 spiro atoms. The number of carbonyl (C=O) groups excluding carboxylic acids is 2. The van der Waals surface area contributed by atoms with Gasteiger partial charge in [0.05, 0.1) is 6.54 Å². The van der Waals surface area contributed by atoms with Gasteiger partial charge in [-0.3, -0.25) is 14.5 Å². The molecule has 0 bridgehead atoms. The Morgan fingerprint density at radius 2 is 1.76 bits per heavy atom. The van der Waals surface area contributed by atoms with Gasteiger partial charge in [0.2, 0.25) is 5.91 Å². The number of ether oxygens (including phenoxy) is 1. The highest BCUT2D eigenvalue weighted by molar-refractivity contribution is 6.02. The van der Waals surface area contributed by atoms with Crippen LogP contribution in [-0.4, -0.2) is 40.7 Å². The highest BCUT2D eigenvalue weighted by Crippen LogP contribution is 2.34. The molecule has 34 heavy (non-hydrogen) atoms. The smallest absolute Gasteiger partial charge is 0.255 e. The molecule has 1 atom stereocenters. The number of rotatable bonds is 6. The molecule has 0 aliphatic carbocycles. The quantitative estimate of drug-likeness (QED) is 0.702. The van der Waals surface area contributed by atoms with Crippen molar-refractivity contribution in [2.75, 3.05) is 13.1 Å². The first-order valence-electron chi connectivity index (χ1n) is 12.3. The summed E-state index contributed by atoms with van der Waals surface area (Å²) < 4.78 is 6.16. The molecule has 178 valence electrons. The molecule has 1 N–H and O–H groups in total. The van der Waals surface area contributed by atoms with E-state index in [2.05, 4.69) is 48.0 Å². The average molecular weight is 460 g/mol. The molecule has 6 heteroatoms. The van der Waals surface area contributed by atoms with Crippen molar-refractivity contribution in [3.05, 3.63) is 77.0 Å². The van der Waals surface area contributed by atoms with E-state index in [4.69, 9.17) is 4.74 Å². The van der Waals surface area contributed by atoms with Crippen LogP contribution in [0.15, 0.2) is 54.7 Å². The zero-order chi connectivity index (χ0) is 23.7. The fraction of sp³-hybridized carbons (Fsp3) is 0.429. The summed E-state index contributed by atoms with van der Waals surface area (Å²) in [5.74, 6) is 1.29. The van der Waals surface area contributed by atoms with Gasteiger partial charge >= 0.3 is 0 Å². The van der Waals surface area contributed by atoms with Gasteiger partial charge < -0.3 is 15.0 Å². The Morgan fingerprint density at radius 1 is 1.03 bits per heavy atom. The number of amides is 2. The predicted octanol–water partition coefficient (Wildman–Crippen LogP) is 4.25. The number of fused-ring (bicyclic) bond motifs is 1. The van der Waals surface area contributed by atoms with E-state index in [-0.39, 0.29) is 11.8 Å². The standard InChI is InChI=1S/C28H33N3O3/c1-19-12-14-30(15-13-19)16-21-7-9-22(10-8-21)18-34-26-5-3-4-23-24(26)17-31(28(23)33)25-11-6-20(2)29-27(25)32/h3-5,7-10,19,25H,2,6,11-18H2,1H3,(H,29,32). The van der Waals surface area contributed by atoms with Crippen molar-refractivity contribution in [1.29, 1.82) is 0 Å². The lowest BCUT2D eigenvalue weighted by molar-refractivity contribution is -0.126. The van der Waals surface area contributed by atoms with E-state index in [1.807, 2.05) is 18.2 Å². The Labute approximate surface area is 201 Å². The first kappa shape index (κ1) is 22.7. The van der Waals surface area contributed by atoms with Gasteiger partial charge in [-0.15, -0.1) is 0 Å². The summed E-state index contributed by atoms with van der Waals surface area (Å²) in [4.78, 5) is 29.7. The minimum absolute atomic E-state index is 0.107. The van der Waals surface area contributed by atoms with Crippen LogP contribution >= 0.6 is 0 Å². The van der Waals surface area contributed by atoms with Crippen LogP contribution in [0.5, 0.6) is 5.75 Å². The number of benzene rings is 2. The Balaban J connectivity index is 1.21. The maximum absolute atomic E-state index is 13.0. The molecule has 2 fully saturated rings. The Hall–Kier alpha value is -3.12. The lowest BCUT2D eigenvalue weighted by Crippen LogP contribution is -2.49.